The number of nitrogens with zero attached hydrogens (tertiary/aromatic N) is 1. The second-order valence-electron chi connectivity index (χ2n) is 4.34. The molecule has 1 N–H and O–H groups in total. The van der Waals surface area contributed by atoms with Crippen molar-refractivity contribution in [1.82, 2.24) is 4.31 Å². The van der Waals surface area contributed by atoms with Crippen LogP contribution in [0.3, 0.4) is 0 Å². The highest BCUT2D eigenvalue weighted by Gasteiger charge is 2.40. The average molecular weight is 287 g/mol. The molecule has 0 radical (unpaired) electrons. The summed E-state index contributed by atoms with van der Waals surface area (Å²) in [5.41, 5.74) is 0. The molecule has 2 atom stereocenters. The normalized spacial score (nSPS) is 24.7. The number of aromatic hydroxyl groups is 1. The van der Waals surface area contributed by atoms with Crippen molar-refractivity contribution in [1.29, 1.82) is 0 Å². The molecule has 1 saturated heterocycles. The third-order valence-corrected chi connectivity index (χ3v) is 5.15. The Balaban J connectivity index is 2.30. The average Bonchev–Trinajstić information content (AvgIpc) is 2.83. The number of sulfonamides is 1. The molecule has 1 heterocycles. The second kappa shape index (κ2) is 5.46. The first-order valence-electron chi connectivity index (χ1n) is 5.84. The molecular weight excluding hydrogens is 270 g/mol. The Kier molecular flexibility index (Phi) is 4.10. The molecule has 0 saturated carbocycles. The lowest BCUT2D eigenvalue weighted by atomic mass is 10.3. The van der Waals surface area contributed by atoms with Crippen LogP contribution in [-0.4, -0.2) is 57.3 Å². The highest BCUT2D eigenvalue weighted by molar-refractivity contribution is 7.89. The number of hydrogen-bond acceptors (Lipinski definition) is 5. The van der Waals surface area contributed by atoms with Crippen LogP contribution in [0.2, 0.25) is 0 Å². The van der Waals surface area contributed by atoms with Gasteiger partial charge >= 0.3 is 0 Å². The topological polar surface area (TPSA) is 76.1 Å². The van der Waals surface area contributed by atoms with Crippen LogP contribution in [0.5, 0.6) is 5.75 Å². The summed E-state index contributed by atoms with van der Waals surface area (Å²) in [6.07, 6.45) is -0.601. The monoisotopic (exact) mass is 287 g/mol. The van der Waals surface area contributed by atoms with Crippen LogP contribution in [0, 0.1) is 0 Å². The van der Waals surface area contributed by atoms with Crippen LogP contribution in [0.15, 0.2) is 29.2 Å². The maximum atomic E-state index is 12.4. The lowest BCUT2D eigenvalue weighted by Crippen LogP contribution is -2.30. The largest absolute Gasteiger partial charge is 0.507 e. The number of para-hydroxylation sites is 1. The van der Waals surface area contributed by atoms with E-state index in [0.717, 1.165) is 0 Å². The van der Waals surface area contributed by atoms with Crippen molar-refractivity contribution in [2.24, 2.45) is 0 Å². The van der Waals surface area contributed by atoms with E-state index in [1.54, 1.807) is 12.1 Å². The van der Waals surface area contributed by atoms with Crippen molar-refractivity contribution in [2.75, 3.05) is 27.3 Å². The fourth-order valence-corrected chi connectivity index (χ4v) is 3.72. The van der Waals surface area contributed by atoms with Gasteiger partial charge in [-0.3, -0.25) is 0 Å². The number of benzene rings is 1. The van der Waals surface area contributed by atoms with E-state index in [9.17, 15) is 13.5 Å². The van der Waals surface area contributed by atoms with Gasteiger partial charge in [0, 0.05) is 27.3 Å². The number of phenols is 1. The molecule has 0 bridgehead atoms. The van der Waals surface area contributed by atoms with E-state index in [4.69, 9.17) is 9.47 Å². The highest BCUT2D eigenvalue weighted by Crippen LogP contribution is 2.28. The van der Waals surface area contributed by atoms with Crippen LogP contribution in [0.1, 0.15) is 0 Å². The summed E-state index contributed by atoms with van der Waals surface area (Å²) in [6.45, 7) is 0.428. The maximum absolute atomic E-state index is 12.4. The van der Waals surface area contributed by atoms with Gasteiger partial charge in [-0.25, -0.2) is 8.42 Å². The molecule has 1 aromatic carbocycles. The molecule has 1 aromatic rings. The van der Waals surface area contributed by atoms with Gasteiger partial charge in [0.05, 0.1) is 12.2 Å². The molecule has 0 amide bonds. The molecule has 1 fully saturated rings. The molecule has 6 nitrogen and oxygen atoms in total. The molecule has 2 rings (SSSR count). The summed E-state index contributed by atoms with van der Waals surface area (Å²) >= 11 is 0. The van der Waals surface area contributed by atoms with Gasteiger partial charge in [0.15, 0.2) is 0 Å². The fourth-order valence-electron chi connectivity index (χ4n) is 2.17. The van der Waals surface area contributed by atoms with Gasteiger partial charge in [0.2, 0.25) is 10.0 Å². The maximum Gasteiger partial charge on any atom is 0.246 e. The summed E-state index contributed by atoms with van der Waals surface area (Å²) in [6, 6.07) is 5.88. The first-order chi connectivity index (χ1) is 9.00. The zero-order valence-corrected chi connectivity index (χ0v) is 11.6. The van der Waals surface area contributed by atoms with E-state index >= 15 is 0 Å². The molecular formula is C12H17NO5S. The molecule has 7 heteroatoms. The number of phenolic OH excluding ortho intramolecular Hbond substituents is 1. The Morgan fingerprint density at radius 3 is 2.16 bits per heavy atom. The van der Waals surface area contributed by atoms with Crippen molar-refractivity contribution in [2.45, 2.75) is 17.1 Å². The van der Waals surface area contributed by atoms with E-state index in [1.165, 1.54) is 30.7 Å². The first-order valence-corrected chi connectivity index (χ1v) is 7.28. The minimum atomic E-state index is -3.73. The molecule has 19 heavy (non-hydrogen) atoms. The molecule has 0 spiro atoms. The van der Waals surface area contributed by atoms with Crippen LogP contribution in [-0.2, 0) is 19.5 Å². The van der Waals surface area contributed by atoms with Crippen LogP contribution in [0.25, 0.3) is 0 Å². The third kappa shape index (κ3) is 2.59. The summed E-state index contributed by atoms with van der Waals surface area (Å²) < 4.78 is 36.6. The van der Waals surface area contributed by atoms with Crippen LogP contribution >= 0.6 is 0 Å². The molecule has 2 unspecified atom stereocenters. The zero-order chi connectivity index (χ0) is 14.0. The number of hydrogen-bond donors (Lipinski definition) is 1. The van der Waals surface area contributed by atoms with Crippen molar-refractivity contribution in [3.63, 3.8) is 0 Å². The number of methoxy groups -OCH3 is 2. The predicted octanol–water partition coefficient (Wildman–Crippen LogP) is 0.426. The number of rotatable bonds is 4. The van der Waals surface area contributed by atoms with E-state index < -0.39 is 10.0 Å². The van der Waals surface area contributed by atoms with Gasteiger partial charge in [-0.15, -0.1) is 0 Å². The Bertz CT molecular complexity index is 533. The fraction of sp³-hybridized carbons (Fsp3) is 0.500. The summed E-state index contributed by atoms with van der Waals surface area (Å²) in [5.74, 6) is -0.252. The molecule has 106 valence electrons. The summed E-state index contributed by atoms with van der Waals surface area (Å²) in [4.78, 5) is -0.0957. The Hall–Kier alpha value is -1.15. The van der Waals surface area contributed by atoms with Gasteiger partial charge in [-0.2, -0.15) is 4.31 Å². The van der Waals surface area contributed by atoms with Crippen LogP contribution < -0.4 is 0 Å². The number of ether oxygens (including phenoxy) is 2. The SMILES string of the molecule is COC1CN(S(=O)(=O)c2ccccc2O)CC1OC. The quantitative estimate of drug-likeness (QED) is 0.869. The standard InChI is InChI=1S/C12H17NO5S/c1-17-10-7-13(8-11(10)18-2)19(15,16)12-6-4-3-5-9(12)14/h3-6,10-11,14H,7-8H2,1-2H3. The van der Waals surface area contributed by atoms with Gasteiger partial charge in [-0.05, 0) is 12.1 Å². The molecule has 1 aliphatic rings. The third-order valence-electron chi connectivity index (χ3n) is 3.27. The van der Waals surface area contributed by atoms with Crippen molar-refractivity contribution in [3.05, 3.63) is 24.3 Å². The van der Waals surface area contributed by atoms with Gasteiger partial charge in [0.1, 0.15) is 10.6 Å². The zero-order valence-electron chi connectivity index (χ0n) is 10.8. The van der Waals surface area contributed by atoms with Crippen molar-refractivity contribution >= 4 is 10.0 Å². The van der Waals surface area contributed by atoms with Crippen molar-refractivity contribution < 1.29 is 23.0 Å². The summed E-state index contributed by atoms with van der Waals surface area (Å²) in [5, 5.41) is 9.68. The Morgan fingerprint density at radius 2 is 1.68 bits per heavy atom. The predicted molar refractivity (Wildman–Crippen MR) is 68.5 cm³/mol. The molecule has 0 aromatic heterocycles. The Morgan fingerprint density at radius 1 is 1.16 bits per heavy atom. The molecule has 0 aliphatic carbocycles. The van der Waals surface area contributed by atoms with E-state index in [2.05, 4.69) is 0 Å². The molecule has 1 aliphatic heterocycles. The van der Waals surface area contributed by atoms with Gasteiger partial charge in [-0.1, -0.05) is 12.1 Å². The van der Waals surface area contributed by atoms with E-state index in [0.29, 0.717) is 0 Å². The second-order valence-corrected chi connectivity index (χ2v) is 6.24. The lowest BCUT2D eigenvalue weighted by molar-refractivity contribution is -0.00461. The first kappa shape index (κ1) is 14.3. The van der Waals surface area contributed by atoms with Crippen LogP contribution in [0.4, 0.5) is 0 Å². The minimum absolute atomic E-state index is 0.0957. The smallest absolute Gasteiger partial charge is 0.246 e. The summed E-state index contributed by atoms with van der Waals surface area (Å²) in [7, 11) is -0.691. The van der Waals surface area contributed by atoms with E-state index in [-0.39, 0.29) is 35.9 Å². The van der Waals surface area contributed by atoms with E-state index in [1.807, 2.05) is 0 Å². The van der Waals surface area contributed by atoms with Gasteiger partial charge < -0.3 is 14.6 Å². The minimum Gasteiger partial charge on any atom is -0.507 e. The highest BCUT2D eigenvalue weighted by atomic mass is 32.2. The Labute approximate surface area is 112 Å². The van der Waals surface area contributed by atoms with Gasteiger partial charge in [0.25, 0.3) is 0 Å². The van der Waals surface area contributed by atoms with Crippen molar-refractivity contribution in [3.8, 4) is 5.75 Å². The lowest BCUT2D eigenvalue weighted by Gasteiger charge is -2.16.